The highest BCUT2D eigenvalue weighted by molar-refractivity contribution is 6.04. The molecule has 0 saturated carbocycles. The molecule has 0 bridgehead atoms. The smallest absolute Gasteiger partial charge is 0.325 e. The number of hydrogen-bond donors (Lipinski definition) is 2. The second kappa shape index (κ2) is 5.84. The normalized spacial score (nSPS) is 18.8. The Balaban J connectivity index is 2.13. The summed E-state index contributed by atoms with van der Waals surface area (Å²) in [6, 6.07) is 6.87. The van der Waals surface area contributed by atoms with Crippen molar-refractivity contribution in [2.45, 2.75) is 25.8 Å². The lowest BCUT2D eigenvalue weighted by Gasteiger charge is -2.12. The van der Waals surface area contributed by atoms with Crippen LogP contribution in [0.5, 0.6) is 0 Å². The Hall–Kier alpha value is -1.88. The molecular formula is C14H19N3O2. The average Bonchev–Trinajstić information content (AvgIpc) is 2.72. The van der Waals surface area contributed by atoms with Crippen molar-refractivity contribution in [3.63, 3.8) is 0 Å². The summed E-state index contributed by atoms with van der Waals surface area (Å²) in [6.45, 7) is 2.92. The van der Waals surface area contributed by atoms with Gasteiger partial charge in [-0.15, -0.1) is 0 Å². The van der Waals surface area contributed by atoms with Gasteiger partial charge in [0.15, 0.2) is 0 Å². The summed E-state index contributed by atoms with van der Waals surface area (Å²) in [5.41, 5.74) is 7.44. The first-order valence-electron chi connectivity index (χ1n) is 6.58. The Morgan fingerprint density at radius 2 is 1.95 bits per heavy atom. The van der Waals surface area contributed by atoms with Gasteiger partial charge in [0, 0.05) is 6.54 Å². The molecular weight excluding hydrogens is 242 g/mol. The lowest BCUT2D eigenvalue weighted by atomic mass is 10.0. The summed E-state index contributed by atoms with van der Waals surface area (Å²) in [6.07, 6.45) is 1.58. The minimum absolute atomic E-state index is 0.192. The predicted molar refractivity (Wildman–Crippen MR) is 72.5 cm³/mol. The van der Waals surface area contributed by atoms with Gasteiger partial charge in [-0.3, -0.25) is 9.69 Å². The van der Waals surface area contributed by atoms with Crippen LogP contribution in [0.4, 0.5) is 4.79 Å². The monoisotopic (exact) mass is 261 g/mol. The summed E-state index contributed by atoms with van der Waals surface area (Å²) >= 11 is 0. The summed E-state index contributed by atoms with van der Waals surface area (Å²) in [5, 5.41) is 2.71. The average molecular weight is 261 g/mol. The number of carbonyl (C=O) groups excluding carboxylic acids is 2. The zero-order valence-electron chi connectivity index (χ0n) is 11.1. The zero-order valence-corrected chi connectivity index (χ0v) is 11.1. The molecule has 3 amide bonds. The van der Waals surface area contributed by atoms with Gasteiger partial charge in [0.2, 0.25) is 0 Å². The SMILES string of the molecule is CCc1ccc(C2NC(=O)N(CCCN)C2=O)cc1. The third-order valence-electron chi connectivity index (χ3n) is 3.33. The number of carbonyl (C=O) groups is 2. The van der Waals surface area contributed by atoms with Gasteiger partial charge in [-0.2, -0.15) is 0 Å². The van der Waals surface area contributed by atoms with Crippen LogP contribution in [0, 0.1) is 0 Å². The summed E-state index contributed by atoms with van der Waals surface area (Å²) in [5.74, 6) is -0.192. The molecule has 1 aromatic rings. The molecule has 1 atom stereocenters. The van der Waals surface area contributed by atoms with Gasteiger partial charge in [0.25, 0.3) is 5.91 Å². The van der Waals surface area contributed by atoms with Crippen LogP contribution >= 0.6 is 0 Å². The van der Waals surface area contributed by atoms with Crippen LogP contribution in [0.3, 0.4) is 0 Å². The lowest BCUT2D eigenvalue weighted by molar-refractivity contribution is -0.127. The first kappa shape index (κ1) is 13.5. The molecule has 0 radical (unpaired) electrons. The Labute approximate surface area is 112 Å². The summed E-state index contributed by atoms with van der Waals surface area (Å²) in [4.78, 5) is 25.2. The second-order valence-electron chi connectivity index (χ2n) is 4.61. The van der Waals surface area contributed by atoms with Gasteiger partial charge in [-0.05, 0) is 30.5 Å². The van der Waals surface area contributed by atoms with E-state index in [1.807, 2.05) is 24.3 Å². The Morgan fingerprint density at radius 3 is 2.53 bits per heavy atom. The van der Waals surface area contributed by atoms with Gasteiger partial charge in [0.05, 0.1) is 0 Å². The molecule has 1 unspecified atom stereocenters. The number of amides is 3. The van der Waals surface area contributed by atoms with Crippen molar-refractivity contribution in [1.82, 2.24) is 10.2 Å². The number of benzene rings is 1. The highest BCUT2D eigenvalue weighted by Crippen LogP contribution is 2.22. The van der Waals surface area contributed by atoms with Gasteiger partial charge >= 0.3 is 6.03 Å². The van der Waals surface area contributed by atoms with Crippen molar-refractivity contribution in [3.05, 3.63) is 35.4 Å². The van der Waals surface area contributed by atoms with E-state index >= 15 is 0 Å². The Bertz CT molecular complexity index is 470. The molecule has 1 saturated heterocycles. The molecule has 0 spiro atoms. The van der Waals surface area contributed by atoms with E-state index in [1.54, 1.807) is 0 Å². The van der Waals surface area contributed by atoms with E-state index in [0.717, 1.165) is 12.0 Å². The van der Waals surface area contributed by atoms with Crippen molar-refractivity contribution in [2.24, 2.45) is 5.73 Å². The molecule has 2 rings (SSSR count). The van der Waals surface area contributed by atoms with E-state index in [9.17, 15) is 9.59 Å². The highest BCUT2D eigenvalue weighted by Gasteiger charge is 2.38. The Kier molecular flexibility index (Phi) is 4.16. The molecule has 1 fully saturated rings. The lowest BCUT2D eigenvalue weighted by Crippen LogP contribution is -2.32. The van der Waals surface area contributed by atoms with E-state index in [2.05, 4.69) is 12.2 Å². The first-order chi connectivity index (χ1) is 9.17. The molecule has 5 heteroatoms. The van der Waals surface area contributed by atoms with Gasteiger partial charge < -0.3 is 11.1 Å². The van der Waals surface area contributed by atoms with Crippen molar-refractivity contribution < 1.29 is 9.59 Å². The van der Waals surface area contributed by atoms with Crippen LogP contribution in [0.2, 0.25) is 0 Å². The fourth-order valence-corrected chi connectivity index (χ4v) is 2.15. The third-order valence-corrected chi connectivity index (χ3v) is 3.33. The number of nitrogens with two attached hydrogens (primary N) is 1. The van der Waals surface area contributed by atoms with Crippen molar-refractivity contribution >= 4 is 11.9 Å². The van der Waals surface area contributed by atoms with Crippen molar-refractivity contribution in [1.29, 1.82) is 0 Å². The highest BCUT2D eigenvalue weighted by atomic mass is 16.2. The number of nitrogens with one attached hydrogen (secondary N) is 1. The third kappa shape index (κ3) is 2.76. The van der Waals surface area contributed by atoms with E-state index < -0.39 is 6.04 Å². The molecule has 1 aromatic carbocycles. The van der Waals surface area contributed by atoms with Gasteiger partial charge in [-0.25, -0.2) is 4.79 Å². The van der Waals surface area contributed by atoms with Crippen LogP contribution in [0.1, 0.15) is 30.5 Å². The van der Waals surface area contributed by atoms with E-state index in [0.29, 0.717) is 19.5 Å². The number of hydrogen-bond acceptors (Lipinski definition) is 3. The minimum atomic E-state index is -0.559. The molecule has 0 aliphatic carbocycles. The van der Waals surface area contributed by atoms with Crippen LogP contribution in [-0.4, -0.2) is 29.9 Å². The zero-order chi connectivity index (χ0) is 13.8. The number of urea groups is 1. The molecule has 1 heterocycles. The first-order valence-corrected chi connectivity index (χ1v) is 6.58. The minimum Gasteiger partial charge on any atom is -0.330 e. The maximum atomic E-state index is 12.2. The number of rotatable bonds is 5. The molecule has 1 aliphatic rings. The van der Waals surface area contributed by atoms with Crippen LogP contribution in [0.25, 0.3) is 0 Å². The molecule has 3 N–H and O–H groups in total. The standard InChI is InChI=1S/C14H19N3O2/c1-2-10-4-6-11(7-5-10)12-13(18)17(9-3-8-15)14(19)16-12/h4-7,12H,2-3,8-9,15H2,1H3,(H,16,19). The van der Waals surface area contributed by atoms with Crippen LogP contribution in [-0.2, 0) is 11.2 Å². The number of nitrogens with zero attached hydrogens (tertiary/aromatic N) is 1. The topological polar surface area (TPSA) is 75.4 Å². The van der Waals surface area contributed by atoms with Crippen molar-refractivity contribution in [3.8, 4) is 0 Å². The number of aryl methyl sites for hydroxylation is 1. The van der Waals surface area contributed by atoms with Crippen LogP contribution in [0.15, 0.2) is 24.3 Å². The maximum Gasteiger partial charge on any atom is 0.325 e. The van der Waals surface area contributed by atoms with E-state index in [4.69, 9.17) is 5.73 Å². The largest absolute Gasteiger partial charge is 0.330 e. The molecule has 5 nitrogen and oxygen atoms in total. The van der Waals surface area contributed by atoms with Gasteiger partial charge in [0.1, 0.15) is 6.04 Å². The van der Waals surface area contributed by atoms with E-state index in [1.165, 1.54) is 10.5 Å². The summed E-state index contributed by atoms with van der Waals surface area (Å²) in [7, 11) is 0. The molecule has 102 valence electrons. The second-order valence-corrected chi connectivity index (χ2v) is 4.61. The molecule has 1 aliphatic heterocycles. The van der Waals surface area contributed by atoms with Gasteiger partial charge in [-0.1, -0.05) is 31.2 Å². The van der Waals surface area contributed by atoms with Crippen LogP contribution < -0.4 is 11.1 Å². The molecule has 0 aromatic heterocycles. The van der Waals surface area contributed by atoms with Crippen molar-refractivity contribution in [2.75, 3.05) is 13.1 Å². The fourth-order valence-electron chi connectivity index (χ4n) is 2.15. The Morgan fingerprint density at radius 1 is 1.26 bits per heavy atom. The number of imide groups is 1. The predicted octanol–water partition coefficient (Wildman–Crippen LogP) is 1.19. The maximum absolute atomic E-state index is 12.2. The fraction of sp³-hybridized carbons (Fsp3) is 0.429. The molecule has 19 heavy (non-hydrogen) atoms. The van der Waals surface area contributed by atoms with E-state index in [-0.39, 0.29) is 11.9 Å². The summed E-state index contributed by atoms with van der Waals surface area (Å²) < 4.78 is 0. The quantitative estimate of drug-likeness (QED) is 0.782.